The van der Waals surface area contributed by atoms with Crippen molar-refractivity contribution in [2.24, 2.45) is 11.3 Å². The van der Waals surface area contributed by atoms with Gasteiger partial charge in [0.2, 0.25) is 5.24 Å². The Morgan fingerprint density at radius 2 is 2.18 bits per heavy atom. The number of allylic oxidation sites excluding steroid dienone is 3. The second kappa shape index (κ2) is 4.67. The van der Waals surface area contributed by atoms with Crippen LogP contribution in [-0.2, 0) is 14.3 Å². The third-order valence-corrected chi connectivity index (χ3v) is 3.16. The maximum absolute atomic E-state index is 11.5. The lowest BCUT2D eigenvalue weighted by Gasteiger charge is -2.29. The first kappa shape index (κ1) is 13.4. The van der Waals surface area contributed by atoms with Crippen molar-refractivity contribution in [3.8, 4) is 0 Å². The highest BCUT2D eigenvalue weighted by Gasteiger charge is 2.54. The van der Waals surface area contributed by atoms with Gasteiger partial charge in [0, 0.05) is 6.08 Å². The van der Waals surface area contributed by atoms with Crippen LogP contribution in [0.4, 0.5) is 0 Å². The predicted molar refractivity (Wildman–Crippen MR) is 58.7 cm³/mol. The Morgan fingerprint density at radius 3 is 2.59 bits per heavy atom. The first-order valence-electron chi connectivity index (χ1n) is 4.66. The molecule has 1 rings (SSSR count). The van der Waals surface area contributed by atoms with E-state index in [-0.39, 0.29) is 0 Å². The topological polar surface area (TPSA) is 86.5 Å². The molecular weight excluding hydrogens is 250 g/mol. The van der Waals surface area contributed by atoms with Gasteiger partial charge in [0.25, 0.3) is 5.70 Å². The van der Waals surface area contributed by atoms with Gasteiger partial charge < -0.3 is 4.74 Å². The zero-order chi connectivity index (χ0) is 13.2. The number of carbonyl (C=O) groups is 2. The number of hydrogen-bond acceptors (Lipinski definition) is 5. The van der Waals surface area contributed by atoms with Crippen molar-refractivity contribution in [3.63, 3.8) is 0 Å². The second-order valence-corrected chi connectivity index (χ2v) is 4.01. The summed E-state index contributed by atoms with van der Waals surface area (Å²) in [4.78, 5) is 33.1. The molecule has 1 aliphatic carbocycles. The van der Waals surface area contributed by atoms with Crippen LogP contribution in [0.25, 0.3) is 0 Å². The molecule has 0 amide bonds. The number of nitrogens with zero attached hydrogens (tertiary/aromatic N) is 1. The molecule has 0 fully saturated rings. The monoisotopic (exact) mass is 259 g/mol. The largest absolute Gasteiger partial charge is 0.469 e. The smallest absolute Gasteiger partial charge is 0.314 e. The summed E-state index contributed by atoms with van der Waals surface area (Å²) < 4.78 is 4.51. The number of ether oxygens (including phenoxy) is 1. The van der Waals surface area contributed by atoms with Gasteiger partial charge >= 0.3 is 5.97 Å². The van der Waals surface area contributed by atoms with E-state index in [1.807, 2.05) is 0 Å². The molecule has 2 unspecified atom stereocenters. The lowest BCUT2D eigenvalue weighted by Crippen LogP contribution is -2.42. The Morgan fingerprint density at radius 1 is 1.59 bits per heavy atom. The molecule has 0 N–H and O–H groups in total. The Labute approximate surface area is 102 Å². The number of methoxy groups -OCH3 is 1. The first-order chi connectivity index (χ1) is 7.85. The van der Waals surface area contributed by atoms with Gasteiger partial charge in [0.15, 0.2) is 0 Å². The minimum Gasteiger partial charge on any atom is -0.469 e. The fourth-order valence-corrected chi connectivity index (χ4v) is 1.91. The molecule has 0 saturated heterocycles. The van der Waals surface area contributed by atoms with Crippen molar-refractivity contribution in [3.05, 3.63) is 34.0 Å². The highest BCUT2D eigenvalue weighted by molar-refractivity contribution is 6.65. The summed E-state index contributed by atoms with van der Waals surface area (Å²) in [6, 6.07) is 0. The summed E-state index contributed by atoms with van der Waals surface area (Å²) >= 11 is 5.41. The number of halogens is 1. The van der Waals surface area contributed by atoms with Gasteiger partial charge in [-0.3, -0.25) is 19.7 Å². The zero-order valence-corrected chi connectivity index (χ0v) is 9.93. The summed E-state index contributed by atoms with van der Waals surface area (Å²) in [5.41, 5.74) is -2.14. The summed E-state index contributed by atoms with van der Waals surface area (Å²) in [5, 5.41) is 9.90. The minimum absolute atomic E-state index is 0.421. The Bertz CT molecular complexity index is 442. The normalized spacial score (nSPS) is 27.2. The summed E-state index contributed by atoms with van der Waals surface area (Å²) in [7, 11) is 1.14. The van der Waals surface area contributed by atoms with E-state index < -0.39 is 33.2 Å². The number of esters is 1. The van der Waals surface area contributed by atoms with Crippen LogP contribution >= 0.6 is 11.6 Å². The first-order valence-corrected chi connectivity index (χ1v) is 5.04. The van der Waals surface area contributed by atoms with Gasteiger partial charge in [-0.2, -0.15) is 0 Å². The molecule has 92 valence electrons. The highest BCUT2D eigenvalue weighted by Crippen LogP contribution is 2.42. The number of nitro groups is 1. The van der Waals surface area contributed by atoms with Crippen molar-refractivity contribution < 1.29 is 19.2 Å². The fourth-order valence-electron chi connectivity index (χ4n) is 1.70. The highest BCUT2D eigenvalue weighted by atomic mass is 35.5. The molecule has 0 saturated carbocycles. The lowest BCUT2D eigenvalue weighted by molar-refractivity contribution is -0.439. The van der Waals surface area contributed by atoms with Crippen LogP contribution in [0.1, 0.15) is 6.92 Å². The molecule has 0 bridgehead atoms. The van der Waals surface area contributed by atoms with Gasteiger partial charge in [0.1, 0.15) is 5.41 Å². The van der Waals surface area contributed by atoms with E-state index in [0.29, 0.717) is 0 Å². The maximum Gasteiger partial charge on any atom is 0.314 e. The predicted octanol–water partition coefficient (Wildman–Crippen LogP) is 1.28. The van der Waals surface area contributed by atoms with E-state index in [4.69, 9.17) is 11.6 Å². The lowest BCUT2D eigenvalue weighted by atomic mass is 9.72. The van der Waals surface area contributed by atoms with E-state index in [2.05, 4.69) is 4.74 Å². The van der Waals surface area contributed by atoms with Crippen LogP contribution in [-0.4, -0.2) is 23.2 Å². The van der Waals surface area contributed by atoms with E-state index in [1.165, 1.54) is 19.1 Å². The minimum atomic E-state index is -1.72. The van der Waals surface area contributed by atoms with Crippen molar-refractivity contribution in [2.75, 3.05) is 7.11 Å². The van der Waals surface area contributed by atoms with Gasteiger partial charge in [-0.25, -0.2) is 0 Å². The quantitative estimate of drug-likeness (QED) is 0.330. The zero-order valence-electron chi connectivity index (χ0n) is 9.18. The molecule has 0 aromatic heterocycles. The average molecular weight is 260 g/mol. The standard InChI is InChI=1S/C10H10ClNO5/c1-10(9(11)14)6(8(13)17-2)4-3-5-7(10)12(15)16/h3-6H,1-2H3. The molecule has 1 aliphatic rings. The SMILES string of the molecule is COC(=O)C1C=CC=C([N+](=O)[O-])C1(C)C(=O)Cl. The Balaban J connectivity index is 3.33. The van der Waals surface area contributed by atoms with Crippen LogP contribution in [0.15, 0.2) is 23.9 Å². The third-order valence-electron chi connectivity index (χ3n) is 2.77. The molecular formula is C10H10ClNO5. The van der Waals surface area contributed by atoms with Crippen molar-refractivity contribution in [1.29, 1.82) is 0 Å². The van der Waals surface area contributed by atoms with Crippen molar-refractivity contribution in [1.82, 2.24) is 0 Å². The molecule has 0 aliphatic heterocycles. The van der Waals surface area contributed by atoms with Crippen LogP contribution in [0.3, 0.4) is 0 Å². The number of carbonyl (C=O) groups excluding carboxylic acids is 2. The van der Waals surface area contributed by atoms with Crippen LogP contribution in [0, 0.1) is 21.4 Å². The molecule has 7 heteroatoms. The van der Waals surface area contributed by atoms with E-state index >= 15 is 0 Å². The summed E-state index contributed by atoms with van der Waals surface area (Å²) in [5.74, 6) is -1.84. The van der Waals surface area contributed by atoms with Gasteiger partial charge in [0.05, 0.1) is 18.0 Å². The van der Waals surface area contributed by atoms with E-state index in [0.717, 1.165) is 13.2 Å². The Hall–Kier alpha value is -1.69. The fraction of sp³-hybridized carbons (Fsp3) is 0.400. The van der Waals surface area contributed by atoms with Gasteiger partial charge in [-0.05, 0) is 18.5 Å². The molecule has 0 radical (unpaired) electrons. The Kier molecular flexibility index (Phi) is 3.67. The van der Waals surface area contributed by atoms with Crippen LogP contribution in [0.2, 0.25) is 0 Å². The van der Waals surface area contributed by atoms with Crippen molar-refractivity contribution >= 4 is 22.8 Å². The number of rotatable bonds is 3. The summed E-state index contributed by atoms with van der Waals surface area (Å²) in [6.07, 6.45) is 3.85. The molecule has 2 atom stereocenters. The van der Waals surface area contributed by atoms with Crippen LogP contribution in [0.5, 0.6) is 0 Å². The molecule has 6 nitrogen and oxygen atoms in total. The molecule has 17 heavy (non-hydrogen) atoms. The molecule has 0 aromatic rings. The summed E-state index contributed by atoms with van der Waals surface area (Å²) in [6.45, 7) is 1.25. The molecule has 0 heterocycles. The molecule has 0 spiro atoms. The number of hydrogen-bond donors (Lipinski definition) is 0. The van der Waals surface area contributed by atoms with Gasteiger partial charge in [-0.15, -0.1) is 0 Å². The van der Waals surface area contributed by atoms with Crippen molar-refractivity contribution in [2.45, 2.75) is 6.92 Å². The second-order valence-electron chi connectivity index (χ2n) is 3.67. The maximum atomic E-state index is 11.5. The van der Waals surface area contributed by atoms with E-state index in [9.17, 15) is 19.7 Å². The average Bonchev–Trinajstić information content (AvgIpc) is 2.27. The van der Waals surface area contributed by atoms with Gasteiger partial charge in [-0.1, -0.05) is 12.2 Å². The third kappa shape index (κ3) is 2.08. The van der Waals surface area contributed by atoms with E-state index in [1.54, 1.807) is 0 Å². The molecule has 0 aromatic carbocycles. The van der Waals surface area contributed by atoms with Crippen LogP contribution < -0.4 is 0 Å².